The fraction of sp³-hybridized carbons (Fsp3) is 0.278. The number of oxazole rings is 1. The van der Waals surface area contributed by atoms with Gasteiger partial charge in [0.05, 0.1) is 4.90 Å². The van der Waals surface area contributed by atoms with Gasteiger partial charge in [0.15, 0.2) is 11.5 Å². The summed E-state index contributed by atoms with van der Waals surface area (Å²) in [5, 5.41) is 0. The molecule has 2 aromatic carbocycles. The van der Waals surface area contributed by atoms with E-state index >= 15 is 0 Å². The van der Waals surface area contributed by atoms with Gasteiger partial charge in [-0.25, -0.2) is 18.1 Å². The summed E-state index contributed by atoms with van der Waals surface area (Å²) < 4.78 is 32.9. The van der Waals surface area contributed by atoms with Crippen molar-refractivity contribution in [3.63, 3.8) is 0 Å². The highest BCUT2D eigenvalue weighted by molar-refractivity contribution is 7.89. The molecule has 126 valence electrons. The minimum absolute atomic E-state index is 0.298. The maximum atomic E-state index is 12.4. The van der Waals surface area contributed by atoms with Crippen LogP contribution >= 0.6 is 0 Å². The van der Waals surface area contributed by atoms with Crippen molar-refractivity contribution in [2.24, 2.45) is 0 Å². The molecule has 1 heterocycles. The summed E-state index contributed by atoms with van der Waals surface area (Å²) in [6, 6.07) is 10.9. The average molecular weight is 344 g/mol. The van der Waals surface area contributed by atoms with Gasteiger partial charge in [-0.2, -0.15) is 0 Å². The zero-order chi connectivity index (χ0) is 17.3. The summed E-state index contributed by atoms with van der Waals surface area (Å²) in [5.74, 6) is 0.623. The lowest BCUT2D eigenvalue weighted by Crippen LogP contribution is -2.26. The number of fused-ring (bicyclic) bond motifs is 1. The number of hydrogen-bond acceptors (Lipinski definition) is 4. The van der Waals surface area contributed by atoms with E-state index in [1.807, 2.05) is 38.1 Å². The number of rotatable bonds is 5. The van der Waals surface area contributed by atoms with Crippen LogP contribution in [0.25, 0.3) is 11.1 Å². The molecule has 0 saturated carbocycles. The van der Waals surface area contributed by atoms with Crippen LogP contribution in [0.4, 0.5) is 0 Å². The van der Waals surface area contributed by atoms with Crippen LogP contribution in [0.2, 0.25) is 0 Å². The van der Waals surface area contributed by atoms with Gasteiger partial charge in [-0.1, -0.05) is 12.1 Å². The molecule has 5 nitrogen and oxygen atoms in total. The van der Waals surface area contributed by atoms with Crippen LogP contribution in [0.3, 0.4) is 0 Å². The van der Waals surface area contributed by atoms with E-state index in [9.17, 15) is 8.42 Å². The maximum Gasteiger partial charge on any atom is 0.240 e. The average Bonchev–Trinajstić information content (AvgIpc) is 2.89. The van der Waals surface area contributed by atoms with Gasteiger partial charge in [0.1, 0.15) is 5.52 Å². The maximum absolute atomic E-state index is 12.4. The summed E-state index contributed by atoms with van der Waals surface area (Å²) in [7, 11) is -3.49. The molecule has 0 aliphatic carbocycles. The molecule has 3 rings (SSSR count). The fourth-order valence-electron chi connectivity index (χ4n) is 2.53. The predicted molar refractivity (Wildman–Crippen MR) is 93.6 cm³/mol. The van der Waals surface area contributed by atoms with E-state index in [1.165, 1.54) is 0 Å². The van der Waals surface area contributed by atoms with Crippen molar-refractivity contribution in [1.29, 1.82) is 0 Å². The van der Waals surface area contributed by atoms with Crippen molar-refractivity contribution < 1.29 is 12.8 Å². The van der Waals surface area contributed by atoms with Crippen molar-refractivity contribution in [1.82, 2.24) is 9.71 Å². The number of sulfonamides is 1. The Morgan fingerprint density at radius 3 is 2.58 bits per heavy atom. The molecule has 0 aliphatic rings. The molecular weight excluding hydrogens is 324 g/mol. The zero-order valence-corrected chi connectivity index (χ0v) is 14.8. The Labute approximate surface area is 141 Å². The lowest BCUT2D eigenvalue weighted by molar-refractivity contribution is 0.560. The summed E-state index contributed by atoms with van der Waals surface area (Å²) in [5.41, 5.74) is 4.57. The van der Waals surface area contributed by atoms with Crippen molar-refractivity contribution in [2.45, 2.75) is 32.1 Å². The molecule has 6 heteroatoms. The zero-order valence-electron chi connectivity index (χ0n) is 14.0. The SMILES string of the molecule is Cc1nc2ccc(CCNS(=O)(=O)c3ccc(C)c(C)c3)cc2o1. The molecule has 0 unspecified atom stereocenters. The Bertz CT molecular complexity index is 991. The minimum atomic E-state index is -3.49. The Morgan fingerprint density at radius 1 is 1.04 bits per heavy atom. The molecule has 3 aromatic rings. The number of aryl methyl sites for hydroxylation is 3. The van der Waals surface area contributed by atoms with Crippen LogP contribution < -0.4 is 4.72 Å². The second kappa shape index (κ2) is 6.37. The Balaban J connectivity index is 1.68. The fourth-order valence-corrected chi connectivity index (χ4v) is 3.65. The van der Waals surface area contributed by atoms with Crippen LogP contribution in [-0.2, 0) is 16.4 Å². The van der Waals surface area contributed by atoms with Gasteiger partial charge >= 0.3 is 0 Å². The number of benzene rings is 2. The number of hydrogen-bond donors (Lipinski definition) is 1. The number of nitrogens with one attached hydrogen (secondary N) is 1. The molecule has 0 spiro atoms. The lowest BCUT2D eigenvalue weighted by Gasteiger charge is -2.09. The third kappa shape index (κ3) is 3.49. The van der Waals surface area contributed by atoms with Gasteiger partial charge in [-0.3, -0.25) is 0 Å². The molecule has 0 bridgehead atoms. The first kappa shape index (κ1) is 16.7. The molecule has 0 amide bonds. The van der Waals surface area contributed by atoms with Crippen molar-refractivity contribution in [2.75, 3.05) is 6.54 Å². The van der Waals surface area contributed by atoms with Gasteiger partial charge in [-0.15, -0.1) is 0 Å². The quantitative estimate of drug-likeness (QED) is 0.771. The first-order valence-corrected chi connectivity index (χ1v) is 9.26. The molecule has 0 atom stereocenters. The van der Waals surface area contributed by atoms with Crippen LogP contribution in [0.1, 0.15) is 22.6 Å². The molecule has 1 aromatic heterocycles. The standard InChI is InChI=1S/C18H20N2O3S/c1-12-4-6-16(10-13(12)2)24(21,22)19-9-8-15-5-7-17-18(11-15)23-14(3)20-17/h4-7,10-11,19H,8-9H2,1-3H3. The molecule has 0 fully saturated rings. The molecule has 1 N–H and O–H groups in total. The molecule has 0 saturated heterocycles. The second-order valence-electron chi connectivity index (χ2n) is 5.93. The third-order valence-corrected chi connectivity index (χ3v) is 5.51. The molecule has 0 radical (unpaired) electrons. The molecule has 0 aliphatic heterocycles. The monoisotopic (exact) mass is 344 g/mol. The van der Waals surface area contributed by atoms with E-state index in [-0.39, 0.29) is 0 Å². The van der Waals surface area contributed by atoms with E-state index in [2.05, 4.69) is 9.71 Å². The van der Waals surface area contributed by atoms with Gasteiger partial charge in [0, 0.05) is 13.5 Å². The summed E-state index contributed by atoms with van der Waals surface area (Å²) >= 11 is 0. The second-order valence-corrected chi connectivity index (χ2v) is 7.70. The largest absolute Gasteiger partial charge is 0.441 e. The molecule has 24 heavy (non-hydrogen) atoms. The third-order valence-electron chi connectivity index (χ3n) is 4.05. The van der Waals surface area contributed by atoms with E-state index in [4.69, 9.17) is 4.42 Å². The Kier molecular flexibility index (Phi) is 4.43. The highest BCUT2D eigenvalue weighted by atomic mass is 32.2. The summed E-state index contributed by atoms with van der Waals surface area (Å²) in [6.07, 6.45) is 0.583. The van der Waals surface area contributed by atoms with E-state index in [1.54, 1.807) is 19.1 Å². The van der Waals surface area contributed by atoms with Gasteiger partial charge in [0.25, 0.3) is 0 Å². The highest BCUT2D eigenvalue weighted by Crippen LogP contribution is 2.18. The van der Waals surface area contributed by atoms with Crippen molar-refractivity contribution >= 4 is 21.1 Å². The van der Waals surface area contributed by atoms with Gasteiger partial charge in [0.2, 0.25) is 10.0 Å². The minimum Gasteiger partial charge on any atom is -0.441 e. The first-order chi connectivity index (χ1) is 11.3. The highest BCUT2D eigenvalue weighted by Gasteiger charge is 2.14. The summed E-state index contributed by atoms with van der Waals surface area (Å²) in [6.45, 7) is 5.99. The Hall–Kier alpha value is -2.18. The summed E-state index contributed by atoms with van der Waals surface area (Å²) in [4.78, 5) is 4.55. The van der Waals surface area contributed by atoms with Crippen molar-refractivity contribution in [3.8, 4) is 0 Å². The topological polar surface area (TPSA) is 72.2 Å². The van der Waals surface area contributed by atoms with Crippen LogP contribution in [-0.4, -0.2) is 19.9 Å². The number of aromatic nitrogens is 1. The van der Waals surface area contributed by atoms with Crippen LogP contribution in [0.5, 0.6) is 0 Å². The van der Waals surface area contributed by atoms with E-state index < -0.39 is 10.0 Å². The normalized spacial score (nSPS) is 12.0. The number of nitrogens with zero attached hydrogens (tertiary/aromatic N) is 1. The van der Waals surface area contributed by atoms with E-state index in [0.29, 0.717) is 23.8 Å². The first-order valence-electron chi connectivity index (χ1n) is 7.78. The van der Waals surface area contributed by atoms with Gasteiger partial charge in [-0.05, 0) is 61.2 Å². The van der Waals surface area contributed by atoms with Crippen molar-refractivity contribution in [3.05, 3.63) is 59.0 Å². The predicted octanol–water partition coefficient (Wildman–Crippen LogP) is 3.27. The van der Waals surface area contributed by atoms with E-state index in [0.717, 1.165) is 27.8 Å². The van der Waals surface area contributed by atoms with Crippen LogP contribution in [0.15, 0.2) is 45.7 Å². The van der Waals surface area contributed by atoms with Gasteiger partial charge < -0.3 is 4.42 Å². The smallest absolute Gasteiger partial charge is 0.240 e. The van der Waals surface area contributed by atoms with Crippen LogP contribution in [0, 0.1) is 20.8 Å². The Morgan fingerprint density at radius 2 is 1.83 bits per heavy atom. The molecular formula is C18H20N2O3S. The lowest BCUT2D eigenvalue weighted by atomic mass is 10.1.